The lowest BCUT2D eigenvalue weighted by Gasteiger charge is -2.07. The smallest absolute Gasteiger partial charge is 0.141 e. The van der Waals surface area contributed by atoms with Crippen molar-refractivity contribution < 1.29 is 0 Å². The van der Waals surface area contributed by atoms with Crippen LogP contribution in [0.3, 0.4) is 0 Å². The summed E-state index contributed by atoms with van der Waals surface area (Å²) in [6, 6.07) is 2.76. The zero-order chi connectivity index (χ0) is 14.9. The summed E-state index contributed by atoms with van der Waals surface area (Å²) in [7, 11) is -0.860. The summed E-state index contributed by atoms with van der Waals surface area (Å²) in [6.45, 7) is 4.57. The Labute approximate surface area is 135 Å². The molecule has 0 atom stereocenters. The predicted octanol–water partition coefficient (Wildman–Crippen LogP) is 7.45. The standard InChI is InChI=1S/C18H39ClSi/c1-3-5-7-9-11-13-15-17-20(19)18-16-14-12-10-8-6-4-2/h20H,3-18H2,1-2H3. The Morgan fingerprint density at radius 3 is 1.15 bits per heavy atom. The molecule has 0 bridgehead atoms. The van der Waals surface area contributed by atoms with Crippen LogP contribution in [0.25, 0.3) is 0 Å². The van der Waals surface area contributed by atoms with Crippen LogP contribution in [0.1, 0.15) is 104 Å². The Morgan fingerprint density at radius 1 is 0.500 bits per heavy atom. The molecule has 0 aliphatic carbocycles. The third-order valence-electron chi connectivity index (χ3n) is 4.24. The highest BCUT2D eigenvalue weighted by Crippen LogP contribution is 2.17. The van der Waals surface area contributed by atoms with Crippen LogP contribution in [0.2, 0.25) is 12.1 Å². The van der Waals surface area contributed by atoms with E-state index in [1.54, 1.807) is 0 Å². The Morgan fingerprint density at radius 2 is 0.800 bits per heavy atom. The van der Waals surface area contributed by atoms with E-state index in [2.05, 4.69) is 13.8 Å². The van der Waals surface area contributed by atoms with Gasteiger partial charge in [0, 0.05) is 0 Å². The van der Waals surface area contributed by atoms with E-state index in [9.17, 15) is 0 Å². The number of rotatable bonds is 16. The molecule has 0 nitrogen and oxygen atoms in total. The van der Waals surface area contributed by atoms with Crippen molar-refractivity contribution in [2.75, 3.05) is 0 Å². The van der Waals surface area contributed by atoms with Crippen LogP contribution >= 0.6 is 11.1 Å². The van der Waals surface area contributed by atoms with Crippen LogP contribution in [-0.2, 0) is 0 Å². The van der Waals surface area contributed by atoms with Crippen LogP contribution in [-0.4, -0.2) is 8.11 Å². The highest BCUT2D eigenvalue weighted by Gasteiger charge is 2.06. The van der Waals surface area contributed by atoms with E-state index >= 15 is 0 Å². The molecule has 20 heavy (non-hydrogen) atoms. The molecule has 0 aliphatic rings. The minimum Gasteiger partial charge on any atom is -0.172 e. The van der Waals surface area contributed by atoms with Gasteiger partial charge in [-0.25, -0.2) is 0 Å². The van der Waals surface area contributed by atoms with Crippen molar-refractivity contribution in [3.8, 4) is 0 Å². The van der Waals surface area contributed by atoms with Crippen molar-refractivity contribution in [2.45, 2.75) is 116 Å². The molecular weight excluding hydrogens is 280 g/mol. The second-order valence-electron chi connectivity index (χ2n) is 6.42. The Bertz CT molecular complexity index is 155. The molecule has 0 rings (SSSR count). The van der Waals surface area contributed by atoms with E-state index < -0.39 is 8.11 Å². The SMILES string of the molecule is CCCCCCCCC[SiH](Cl)CCCCCCCCC. The molecule has 0 unspecified atom stereocenters. The summed E-state index contributed by atoms with van der Waals surface area (Å²) in [6.07, 6.45) is 19.9. The summed E-state index contributed by atoms with van der Waals surface area (Å²) in [4.78, 5) is 0. The zero-order valence-electron chi connectivity index (χ0n) is 14.3. The van der Waals surface area contributed by atoms with E-state index in [1.807, 2.05) is 0 Å². The average molecular weight is 319 g/mol. The lowest BCUT2D eigenvalue weighted by Crippen LogP contribution is -2.02. The quantitative estimate of drug-likeness (QED) is 0.157. The summed E-state index contributed by atoms with van der Waals surface area (Å²) >= 11 is 6.54. The van der Waals surface area contributed by atoms with Crippen molar-refractivity contribution >= 4 is 19.2 Å². The highest BCUT2D eigenvalue weighted by molar-refractivity contribution is 7.06. The molecule has 0 aromatic heterocycles. The van der Waals surface area contributed by atoms with Gasteiger partial charge in [-0.2, -0.15) is 11.1 Å². The van der Waals surface area contributed by atoms with Gasteiger partial charge >= 0.3 is 0 Å². The van der Waals surface area contributed by atoms with Crippen LogP contribution in [0.5, 0.6) is 0 Å². The van der Waals surface area contributed by atoms with Gasteiger partial charge in [0.15, 0.2) is 0 Å². The molecule has 0 saturated heterocycles. The van der Waals surface area contributed by atoms with Gasteiger partial charge in [-0.05, 0) is 12.1 Å². The molecule has 0 aromatic carbocycles. The van der Waals surface area contributed by atoms with Crippen molar-refractivity contribution in [3.05, 3.63) is 0 Å². The first kappa shape index (κ1) is 20.5. The maximum atomic E-state index is 6.54. The van der Waals surface area contributed by atoms with Crippen molar-refractivity contribution in [3.63, 3.8) is 0 Å². The molecule has 0 fully saturated rings. The molecule has 0 amide bonds. The lowest BCUT2D eigenvalue weighted by atomic mass is 10.1. The Balaban J connectivity index is 3.11. The molecule has 0 saturated carbocycles. The largest absolute Gasteiger partial charge is 0.172 e. The summed E-state index contributed by atoms with van der Waals surface area (Å²) in [5.41, 5.74) is 0. The van der Waals surface area contributed by atoms with Crippen LogP contribution in [0, 0.1) is 0 Å². The number of hydrogen-bond donors (Lipinski definition) is 0. The molecule has 0 spiro atoms. The molecule has 0 aliphatic heterocycles. The molecular formula is C18H39ClSi. The number of unbranched alkanes of at least 4 members (excludes halogenated alkanes) is 12. The second-order valence-corrected chi connectivity index (χ2v) is 10.6. The fourth-order valence-corrected chi connectivity index (χ4v) is 5.47. The van der Waals surface area contributed by atoms with Crippen molar-refractivity contribution in [1.29, 1.82) is 0 Å². The normalized spacial score (nSPS) is 11.4. The lowest BCUT2D eigenvalue weighted by molar-refractivity contribution is 0.597. The van der Waals surface area contributed by atoms with Crippen LogP contribution in [0.15, 0.2) is 0 Å². The molecule has 0 aromatic rings. The molecule has 0 N–H and O–H groups in total. The highest BCUT2D eigenvalue weighted by atomic mass is 35.6. The zero-order valence-corrected chi connectivity index (χ0v) is 16.2. The molecule has 0 radical (unpaired) electrons. The van der Waals surface area contributed by atoms with Gasteiger partial charge in [0.2, 0.25) is 0 Å². The van der Waals surface area contributed by atoms with E-state index in [0.717, 1.165) is 0 Å². The third kappa shape index (κ3) is 16.6. The van der Waals surface area contributed by atoms with Gasteiger partial charge in [0.25, 0.3) is 0 Å². The summed E-state index contributed by atoms with van der Waals surface area (Å²) in [5.74, 6) is 0. The van der Waals surface area contributed by atoms with Gasteiger partial charge in [0.05, 0.1) is 0 Å². The van der Waals surface area contributed by atoms with E-state index in [-0.39, 0.29) is 0 Å². The van der Waals surface area contributed by atoms with Gasteiger partial charge in [0.1, 0.15) is 8.11 Å². The predicted molar refractivity (Wildman–Crippen MR) is 98.6 cm³/mol. The molecule has 0 heterocycles. The van der Waals surface area contributed by atoms with Gasteiger partial charge in [-0.15, -0.1) is 0 Å². The van der Waals surface area contributed by atoms with Gasteiger partial charge < -0.3 is 0 Å². The topological polar surface area (TPSA) is 0 Å². The van der Waals surface area contributed by atoms with Gasteiger partial charge in [-0.3, -0.25) is 0 Å². The first-order chi connectivity index (χ1) is 9.81. The maximum Gasteiger partial charge on any atom is 0.141 e. The van der Waals surface area contributed by atoms with Crippen LogP contribution < -0.4 is 0 Å². The first-order valence-corrected chi connectivity index (χ1v) is 12.8. The fraction of sp³-hybridized carbons (Fsp3) is 1.00. The molecule has 2 heteroatoms. The summed E-state index contributed by atoms with van der Waals surface area (Å²) < 4.78 is 0. The van der Waals surface area contributed by atoms with Crippen molar-refractivity contribution in [1.82, 2.24) is 0 Å². The Hall–Kier alpha value is 0.507. The Kier molecular flexibility index (Phi) is 18.0. The van der Waals surface area contributed by atoms with Crippen molar-refractivity contribution in [2.24, 2.45) is 0 Å². The average Bonchev–Trinajstić information content (AvgIpc) is 2.45. The maximum absolute atomic E-state index is 6.54. The number of hydrogen-bond acceptors (Lipinski definition) is 0. The monoisotopic (exact) mass is 318 g/mol. The summed E-state index contributed by atoms with van der Waals surface area (Å²) in [5, 5.41) is 0. The number of halogens is 1. The minimum atomic E-state index is -0.860. The molecule has 122 valence electrons. The van der Waals surface area contributed by atoms with E-state index in [1.165, 1.54) is 102 Å². The first-order valence-electron chi connectivity index (χ1n) is 9.45. The van der Waals surface area contributed by atoms with Crippen LogP contribution in [0.4, 0.5) is 0 Å². The van der Waals surface area contributed by atoms with Gasteiger partial charge in [-0.1, -0.05) is 104 Å². The van der Waals surface area contributed by atoms with E-state index in [4.69, 9.17) is 11.1 Å². The van der Waals surface area contributed by atoms with E-state index in [0.29, 0.717) is 0 Å². The third-order valence-corrected chi connectivity index (χ3v) is 7.62. The fourth-order valence-electron chi connectivity index (χ4n) is 2.79. The minimum absolute atomic E-state index is 0.860. The second kappa shape index (κ2) is 17.6.